The highest BCUT2D eigenvalue weighted by atomic mass is 32.2. The molecule has 0 radical (unpaired) electrons. The van der Waals surface area contributed by atoms with Crippen LogP contribution in [0, 0.1) is 20.8 Å². The third-order valence-electron chi connectivity index (χ3n) is 6.99. The Kier molecular flexibility index (Phi) is 8.24. The zero-order chi connectivity index (χ0) is 30.9. The minimum atomic E-state index is -4.75. The van der Waals surface area contributed by atoms with Gasteiger partial charge in [-0.15, -0.1) is 18.3 Å². The third kappa shape index (κ3) is 7.02. The number of anilines is 1. The molecule has 1 N–H and O–H groups in total. The summed E-state index contributed by atoms with van der Waals surface area (Å²) in [7, 11) is 0. The minimum Gasteiger partial charge on any atom is -0.406 e. The largest absolute Gasteiger partial charge is 0.573 e. The van der Waals surface area contributed by atoms with Gasteiger partial charge in [0, 0.05) is 23.5 Å². The third-order valence-corrected chi connectivity index (χ3v) is 7.95. The summed E-state index contributed by atoms with van der Waals surface area (Å²) in [6, 6.07) is 16.7. The van der Waals surface area contributed by atoms with E-state index in [9.17, 15) is 18.0 Å². The fourth-order valence-corrected chi connectivity index (χ4v) is 6.05. The zero-order valence-electron chi connectivity index (χ0n) is 24.4. The number of nitrogens with one attached hydrogen (secondary N) is 1. The lowest BCUT2D eigenvalue weighted by atomic mass is 9.93. The van der Waals surface area contributed by atoms with Crippen molar-refractivity contribution in [3.05, 3.63) is 89.2 Å². The molecule has 224 valence electrons. The number of benzene rings is 3. The molecule has 0 bridgehead atoms. The smallest absolute Gasteiger partial charge is 0.406 e. The van der Waals surface area contributed by atoms with Gasteiger partial charge in [0.25, 0.3) is 0 Å². The summed E-state index contributed by atoms with van der Waals surface area (Å²) in [5, 5.41) is 8.16. The average Bonchev–Trinajstić information content (AvgIpc) is 3.58. The number of alkyl halides is 3. The SMILES string of the molecule is Cc1cc(C)c(N2CCSC2=NC(=O)NC(C)(C)c2ccc(-c3ncn(-c4ccc(OC(F)(F)F)cc4)n3)cc2)c(C)c1. The van der Waals surface area contributed by atoms with E-state index in [-0.39, 0.29) is 5.75 Å². The molecular weight excluding hydrogens is 577 g/mol. The van der Waals surface area contributed by atoms with Crippen molar-refractivity contribution >= 4 is 28.6 Å². The lowest BCUT2D eigenvalue weighted by Gasteiger charge is -2.27. The highest BCUT2D eigenvalue weighted by Crippen LogP contribution is 2.33. The molecular formula is C31H31F3N6O2S. The van der Waals surface area contributed by atoms with Crippen molar-refractivity contribution < 1.29 is 22.7 Å². The maximum absolute atomic E-state index is 13.1. The Morgan fingerprint density at radius 1 is 1.00 bits per heavy atom. The Labute approximate surface area is 252 Å². The predicted octanol–water partition coefficient (Wildman–Crippen LogP) is 7.31. The van der Waals surface area contributed by atoms with Gasteiger partial charge in [-0.2, -0.15) is 4.99 Å². The Morgan fingerprint density at radius 3 is 2.28 bits per heavy atom. The first-order valence-electron chi connectivity index (χ1n) is 13.6. The quantitative estimate of drug-likeness (QED) is 0.247. The molecule has 1 aromatic heterocycles. The zero-order valence-corrected chi connectivity index (χ0v) is 25.2. The maximum atomic E-state index is 13.1. The number of nitrogens with zero attached hydrogens (tertiary/aromatic N) is 5. The van der Waals surface area contributed by atoms with Gasteiger partial charge in [0.05, 0.1) is 11.2 Å². The summed E-state index contributed by atoms with van der Waals surface area (Å²) in [5.74, 6) is 0.977. The second-order valence-electron chi connectivity index (χ2n) is 10.8. The molecule has 5 rings (SSSR count). The van der Waals surface area contributed by atoms with Gasteiger partial charge in [0.2, 0.25) is 0 Å². The second kappa shape index (κ2) is 11.8. The lowest BCUT2D eigenvalue weighted by Crippen LogP contribution is -2.40. The summed E-state index contributed by atoms with van der Waals surface area (Å²) >= 11 is 1.57. The van der Waals surface area contributed by atoms with Gasteiger partial charge in [-0.05, 0) is 75.6 Å². The standard InChI is InChI=1S/C31H31F3N6O2S/c1-19-16-20(2)26(21(3)17-19)39-14-15-43-29(39)36-28(41)37-30(4,5)23-8-6-22(7-9-23)27-35-18-40(38-27)24-10-12-25(13-11-24)42-31(32,33)34/h6-13,16-18H,14-15H2,1-5H3,(H,37,41). The van der Waals surface area contributed by atoms with Crippen LogP contribution in [0.2, 0.25) is 0 Å². The van der Waals surface area contributed by atoms with Crippen LogP contribution >= 0.6 is 11.8 Å². The van der Waals surface area contributed by atoms with Crippen LogP contribution in [0.15, 0.2) is 72.0 Å². The first-order valence-corrected chi connectivity index (χ1v) is 14.6. The van der Waals surface area contributed by atoms with Crippen LogP contribution < -0.4 is 15.0 Å². The highest BCUT2D eigenvalue weighted by molar-refractivity contribution is 8.14. The Bertz CT molecular complexity index is 1640. The van der Waals surface area contributed by atoms with E-state index in [0.29, 0.717) is 16.7 Å². The molecule has 1 saturated heterocycles. The van der Waals surface area contributed by atoms with Crippen LogP contribution in [-0.4, -0.2) is 44.6 Å². The van der Waals surface area contributed by atoms with E-state index in [1.54, 1.807) is 11.8 Å². The van der Waals surface area contributed by atoms with Crippen LogP contribution in [0.25, 0.3) is 17.1 Å². The molecule has 1 fully saturated rings. The van der Waals surface area contributed by atoms with E-state index < -0.39 is 17.9 Å². The molecule has 1 aliphatic rings. The maximum Gasteiger partial charge on any atom is 0.573 e. The van der Waals surface area contributed by atoms with Crippen molar-refractivity contribution in [1.29, 1.82) is 0 Å². The van der Waals surface area contributed by atoms with Crippen molar-refractivity contribution in [2.24, 2.45) is 4.99 Å². The number of hydrogen-bond acceptors (Lipinski definition) is 5. The van der Waals surface area contributed by atoms with E-state index in [1.807, 2.05) is 38.1 Å². The van der Waals surface area contributed by atoms with Crippen LogP contribution in [0.1, 0.15) is 36.1 Å². The van der Waals surface area contributed by atoms with Crippen LogP contribution in [0.3, 0.4) is 0 Å². The molecule has 1 aliphatic heterocycles. The van der Waals surface area contributed by atoms with Crippen LogP contribution in [0.4, 0.5) is 23.7 Å². The van der Waals surface area contributed by atoms with Crippen molar-refractivity contribution in [2.75, 3.05) is 17.2 Å². The highest BCUT2D eigenvalue weighted by Gasteiger charge is 2.31. The molecule has 0 atom stereocenters. The molecule has 0 aliphatic carbocycles. The first-order chi connectivity index (χ1) is 20.3. The second-order valence-corrected chi connectivity index (χ2v) is 11.9. The molecule has 8 nitrogen and oxygen atoms in total. The van der Waals surface area contributed by atoms with Crippen molar-refractivity contribution in [3.8, 4) is 22.8 Å². The van der Waals surface area contributed by atoms with Gasteiger partial charge in [0.1, 0.15) is 12.1 Å². The number of amides is 2. The van der Waals surface area contributed by atoms with Gasteiger partial charge in [-0.1, -0.05) is 53.7 Å². The first kappa shape index (κ1) is 30.1. The number of urea groups is 1. The summed E-state index contributed by atoms with van der Waals surface area (Å²) in [5.41, 5.74) is 6.03. The Balaban J connectivity index is 1.26. The average molecular weight is 609 g/mol. The summed E-state index contributed by atoms with van der Waals surface area (Å²) in [6.45, 7) is 10.8. The predicted molar refractivity (Wildman–Crippen MR) is 163 cm³/mol. The topological polar surface area (TPSA) is 84.6 Å². The molecule has 0 saturated carbocycles. The number of rotatable bonds is 6. The van der Waals surface area contributed by atoms with Crippen LogP contribution in [-0.2, 0) is 5.54 Å². The number of carbonyl (C=O) groups excluding carboxylic acids is 1. The van der Waals surface area contributed by atoms with E-state index in [2.05, 4.69) is 62.9 Å². The van der Waals surface area contributed by atoms with E-state index >= 15 is 0 Å². The van der Waals surface area contributed by atoms with E-state index in [1.165, 1.54) is 40.8 Å². The Morgan fingerprint density at radius 2 is 1.65 bits per heavy atom. The molecule has 2 heterocycles. The molecule has 0 spiro atoms. The molecule has 4 aromatic rings. The number of aromatic nitrogens is 3. The normalized spacial score (nSPS) is 14.8. The van der Waals surface area contributed by atoms with Crippen molar-refractivity contribution in [2.45, 2.75) is 46.5 Å². The number of halogens is 3. The summed E-state index contributed by atoms with van der Waals surface area (Å²) in [4.78, 5) is 24.0. The van der Waals surface area contributed by atoms with Gasteiger partial charge in [-0.3, -0.25) is 0 Å². The van der Waals surface area contributed by atoms with Gasteiger partial charge in [-0.25, -0.2) is 14.5 Å². The Hall–Kier alpha value is -4.32. The van der Waals surface area contributed by atoms with Crippen molar-refractivity contribution in [1.82, 2.24) is 20.1 Å². The monoisotopic (exact) mass is 608 g/mol. The van der Waals surface area contributed by atoms with Crippen LogP contribution in [0.5, 0.6) is 5.75 Å². The van der Waals surface area contributed by atoms with Gasteiger partial charge in [0.15, 0.2) is 11.0 Å². The van der Waals surface area contributed by atoms with Gasteiger partial charge < -0.3 is 15.0 Å². The molecule has 43 heavy (non-hydrogen) atoms. The number of aryl methyl sites for hydroxylation is 3. The molecule has 2 amide bonds. The molecule has 12 heteroatoms. The van der Waals surface area contributed by atoms with Crippen molar-refractivity contribution in [3.63, 3.8) is 0 Å². The summed E-state index contributed by atoms with van der Waals surface area (Å²) in [6.07, 6.45) is -3.27. The number of amidine groups is 1. The number of hydrogen-bond donors (Lipinski definition) is 1. The fourth-order valence-electron chi connectivity index (χ4n) is 5.11. The minimum absolute atomic E-state index is 0.316. The molecule has 0 unspecified atom stereocenters. The van der Waals surface area contributed by atoms with E-state index in [0.717, 1.165) is 40.2 Å². The fraction of sp³-hybridized carbons (Fsp3) is 0.290. The summed E-state index contributed by atoms with van der Waals surface area (Å²) < 4.78 is 42.7. The lowest BCUT2D eigenvalue weighted by molar-refractivity contribution is -0.274. The van der Waals surface area contributed by atoms with E-state index in [4.69, 9.17) is 0 Å². The number of thioether (sulfide) groups is 1. The number of carbonyl (C=O) groups is 1. The number of ether oxygens (including phenoxy) is 1. The number of aliphatic imine (C=N–C) groups is 1. The molecule has 3 aromatic carbocycles. The van der Waals surface area contributed by atoms with Gasteiger partial charge >= 0.3 is 12.4 Å².